The lowest BCUT2D eigenvalue weighted by Gasteiger charge is -2.34. The van der Waals surface area contributed by atoms with Crippen molar-refractivity contribution in [2.75, 3.05) is 6.61 Å². The standard InChI is InChI=1S/C20H29N3O4/c1-11(2)17-16(12(3)23-27-17)18(25)26-10-15(24)22-21-14-9-13-7-8-20(14,6)19(13,4)5/h11,13H,7-10H2,1-6H3,(H,22,24)/b21-14+. The minimum atomic E-state index is -0.603. The van der Waals surface area contributed by atoms with Crippen molar-refractivity contribution in [3.05, 3.63) is 17.0 Å². The fourth-order valence-electron chi connectivity index (χ4n) is 4.49. The van der Waals surface area contributed by atoms with E-state index in [0.717, 1.165) is 18.6 Å². The van der Waals surface area contributed by atoms with Crippen molar-refractivity contribution in [1.82, 2.24) is 10.6 Å². The highest BCUT2D eigenvalue weighted by molar-refractivity contribution is 5.96. The largest absolute Gasteiger partial charge is 0.452 e. The number of carbonyl (C=O) groups excluding carboxylic acids is 2. The predicted octanol–water partition coefficient (Wildman–Crippen LogP) is 3.58. The molecule has 1 N–H and O–H groups in total. The SMILES string of the molecule is Cc1noc(C(C)C)c1C(=O)OCC(=O)N/N=C1\CC2CCC1(C)C2(C)C. The maximum absolute atomic E-state index is 12.3. The molecule has 3 rings (SSSR count). The lowest BCUT2D eigenvalue weighted by Crippen LogP contribution is -2.35. The molecule has 2 fully saturated rings. The molecule has 0 radical (unpaired) electrons. The molecular weight excluding hydrogens is 346 g/mol. The number of hydrazone groups is 1. The van der Waals surface area contributed by atoms with Crippen molar-refractivity contribution in [1.29, 1.82) is 0 Å². The number of ether oxygens (including phenoxy) is 1. The first kappa shape index (κ1) is 19.6. The van der Waals surface area contributed by atoms with Crippen LogP contribution in [0.15, 0.2) is 9.62 Å². The van der Waals surface area contributed by atoms with E-state index in [1.54, 1.807) is 6.92 Å². The van der Waals surface area contributed by atoms with E-state index in [-0.39, 0.29) is 23.4 Å². The molecule has 0 spiro atoms. The van der Waals surface area contributed by atoms with Crippen molar-refractivity contribution < 1.29 is 18.8 Å². The Morgan fingerprint density at radius 1 is 1.37 bits per heavy atom. The summed E-state index contributed by atoms with van der Waals surface area (Å²) >= 11 is 0. The molecule has 2 saturated carbocycles. The number of nitrogens with one attached hydrogen (secondary N) is 1. The van der Waals surface area contributed by atoms with Crippen LogP contribution in [0.4, 0.5) is 0 Å². The Kier molecular flexibility index (Phi) is 4.91. The topological polar surface area (TPSA) is 93.8 Å². The van der Waals surface area contributed by atoms with E-state index in [2.05, 4.69) is 36.5 Å². The van der Waals surface area contributed by atoms with E-state index in [1.165, 1.54) is 6.42 Å². The molecule has 148 valence electrons. The molecule has 2 atom stereocenters. The van der Waals surface area contributed by atoms with Gasteiger partial charge in [-0.3, -0.25) is 4.79 Å². The zero-order chi connectivity index (χ0) is 20.0. The number of amides is 1. The number of aryl methyl sites for hydroxylation is 1. The molecule has 2 unspecified atom stereocenters. The van der Waals surface area contributed by atoms with Crippen molar-refractivity contribution in [2.24, 2.45) is 21.8 Å². The average molecular weight is 375 g/mol. The van der Waals surface area contributed by atoms with Gasteiger partial charge in [-0.25, -0.2) is 10.2 Å². The Morgan fingerprint density at radius 2 is 2.07 bits per heavy atom. The Hall–Kier alpha value is -2.18. The van der Waals surface area contributed by atoms with Crippen LogP contribution in [0.2, 0.25) is 0 Å². The number of hydrogen-bond donors (Lipinski definition) is 1. The lowest BCUT2D eigenvalue weighted by molar-refractivity contribution is -0.124. The first-order chi connectivity index (χ1) is 12.6. The number of aromatic nitrogens is 1. The van der Waals surface area contributed by atoms with Crippen LogP contribution in [0.25, 0.3) is 0 Å². The summed E-state index contributed by atoms with van der Waals surface area (Å²) in [6.07, 6.45) is 3.23. The van der Waals surface area contributed by atoms with E-state index in [1.807, 2.05) is 13.8 Å². The Balaban J connectivity index is 1.59. The van der Waals surface area contributed by atoms with Gasteiger partial charge in [-0.1, -0.05) is 39.8 Å². The van der Waals surface area contributed by atoms with Crippen LogP contribution in [0.3, 0.4) is 0 Å². The molecule has 7 nitrogen and oxygen atoms in total. The summed E-state index contributed by atoms with van der Waals surface area (Å²) in [7, 11) is 0. The molecule has 2 aliphatic rings. The smallest absolute Gasteiger partial charge is 0.344 e. The molecule has 1 aromatic heterocycles. The maximum atomic E-state index is 12.3. The van der Waals surface area contributed by atoms with E-state index >= 15 is 0 Å². The lowest BCUT2D eigenvalue weighted by atomic mass is 9.70. The Labute approximate surface area is 159 Å². The summed E-state index contributed by atoms with van der Waals surface area (Å²) in [5.74, 6) is 0.0293. The normalized spacial score (nSPS) is 27.4. The Morgan fingerprint density at radius 3 is 2.63 bits per heavy atom. The van der Waals surface area contributed by atoms with E-state index in [9.17, 15) is 9.59 Å². The minimum absolute atomic E-state index is 0.00383. The molecule has 1 aromatic rings. The third-order valence-corrected chi connectivity index (χ3v) is 6.78. The van der Waals surface area contributed by atoms with Crippen LogP contribution in [0.5, 0.6) is 0 Å². The summed E-state index contributed by atoms with van der Waals surface area (Å²) in [5, 5.41) is 8.19. The molecule has 0 saturated heterocycles. The number of nitrogens with zero attached hydrogens (tertiary/aromatic N) is 2. The molecule has 2 aliphatic carbocycles. The van der Waals surface area contributed by atoms with Gasteiger partial charge in [0.25, 0.3) is 5.91 Å². The predicted molar refractivity (Wildman–Crippen MR) is 100 cm³/mol. The van der Waals surface area contributed by atoms with Gasteiger partial charge in [-0.2, -0.15) is 5.10 Å². The van der Waals surface area contributed by atoms with Gasteiger partial charge in [-0.05, 0) is 37.5 Å². The van der Waals surface area contributed by atoms with E-state index in [0.29, 0.717) is 22.9 Å². The molecule has 27 heavy (non-hydrogen) atoms. The van der Waals surface area contributed by atoms with E-state index in [4.69, 9.17) is 9.26 Å². The van der Waals surface area contributed by atoms with Crippen LogP contribution >= 0.6 is 0 Å². The zero-order valence-electron chi connectivity index (χ0n) is 17.0. The summed E-state index contributed by atoms with van der Waals surface area (Å²) in [6.45, 7) is 11.9. The second-order valence-electron chi connectivity index (χ2n) is 8.83. The number of hydrogen-bond acceptors (Lipinski definition) is 6. The van der Waals surface area contributed by atoms with Gasteiger partial charge in [0.15, 0.2) is 12.4 Å². The van der Waals surface area contributed by atoms with E-state index < -0.39 is 11.9 Å². The van der Waals surface area contributed by atoms with Crippen LogP contribution in [-0.4, -0.2) is 29.4 Å². The molecular formula is C20H29N3O4. The van der Waals surface area contributed by atoms with Gasteiger partial charge in [-0.15, -0.1) is 0 Å². The third-order valence-electron chi connectivity index (χ3n) is 6.78. The molecule has 7 heteroatoms. The zero-order valence-corrected chi connectivity index (χ0v) is 17.0. The van der Waals surface area contributed by atoms with Crippen molar-refractivity contribution in [3.63, 3.8) is 0 Å². The Bertz CT molecular complexity index is 793. The summed E-state index contributed by atoms with van der Waals surface area (Å²) in [5.41, 5.74) is 4.57. The summed E-state index contributed by atoms with van der Waals surface area (Å²) < 4.78 is 10.3. The number of carbonyl (C=O) groups is 2. The summed E-state index contributed by atoms with van der Waals surface area (Å²) in [6, 6.07) is 0. The second-order valence-corrected chi connectivity index (χ2v) is 8.83. The first-order valence-corrected chi connectivity index (χ1v) is 9.57. The maximum Gasteiger partial charge on any atom is 0.344 e. The van der Waals surface area contributed by atoms with Crippen LogP contribution in [0.1, 0.15) is 81.6 Å². The van der Waals surface area contributed by atoms with Crippen molar-refractivity contribution in [3.8, 4) is 0 Å². The highest BCUT2D eigenvalue weighted by Gasteiger charge is 2.60. The van der Waals surface area contributed by atoms with Gasteiger partial charge in [0.1, 0.15) is 5.56 Å². The average Bonchev–Trinajstić information content (AvgIpc) is 3.15. The highest BCUT2D eigenvalue weighted by Crippen LogP contribution is 2.63. The molecule has 1 amide bonds. The number of esters is 1. The van der Waals surface area contributed by atoms with Gasteiger partial charge < -0.3 is 9.26 Å². The highest BCUT2D eigenvalue weighted by atomic mass is 16.5. The van der Waals surface area contributed by atoms with Crippen LogP contribution in [-0.2, 0) is 9.53 Å². The van der Waals surface area contributed by atoms with Gasteiger partial charge in [0.05, 0.1) is 5.69 Å². The van der Waals surface area contributed by atoms with Crippen LogP contribution in [0, 0.1) is 23.7 Å². The molecule has 0 aromatic carbocycles. The third kappa shape index (κ3) is 3.17. The second kappa shape index (κ2) is 6.77. The first-order valence-electron chi connectivity index (χ1n) is 9.57. The fraction of sp³-hybridized carbons (Fsp3) is 0.700. The molecule has 1 heterocycles. The van der Waals surface area contributed by atoms with Gasteiger partial charge in [0, 0.05) is 17.0 Å². The van der Waals surface area contributed by atoms with Crippen molar-refractivity contribution >= 4 is 17.6 Å². The molecule has 0 aliphatic heterocycles. The number of rotatable bonds is 5. The number of fused-ring (bicyclic) bond motifs is 2. The van der Waals surface area contributed by atoms with Gasteiger partial charge in [0.2, 0.25) is 0 Å². The molecule has 2 bridgehead atoms. The monoisotopic (exact) mass is 375 g/mol. The quantitative estimate of drug-likeness (QED) is 0.627. The summed E-state index contributed by atoms with van der Waals surface area (Å²) in [4.78, 5) is 24.4. The van der Waals surface area contributed by atoms with Crippen molar-refractivity contribution in [2.45, 2.75) is 66.7 Å². The minimum Gasteiger partial charge on any atom is -0.452 e. The fourth-order valence-corrected chi connectivity index (χ4v) is 4.49. The van der Waals surface area contributed by atoms with Gasteiger partial charge >= 0.3 is 5.97 Å². The van der Waals surface area contributed by atoms with Crippen LogP contribution < -0.4 is 5.43 Å².